The molecule has 2 amide bonds. The maximum absolute atomic E-state index is 12.8. The van der Waals surface area contributed by atoms with Crippen molar-refractivity contribution in [3.63, 3.8) is 0 Å². The number of carbonyl (C=O) groups is 1. The van der Waals surface area contributed by atoms with Crippen LogP contribution in [0.15, 0.2) is 30.5 Å². The largest absolute Gasteiger partial charge is 0.486 e. The molecule has 1 atom stereocenters. The molecule has 3 rings (SSSR count). The van der Waals surface area contributed by atoms with E-state index in [0.717, 1.165) is 11.3 Å². The van der Waals surface area contributed by atoms with Gasteiger partial charge in [-0.15, -0.1) is 0 Å². The number of hydrogen-bond donors (Lipinski definition) is 2. The van der Waals surface area contributed by atoms with Crippen LogP contribution < -0.4 is 20.1 Å². The predicted molar refractivity (Wildman–Crippen MR) is 111 cm³/mol. The second-order valence-corrected chi connectivity index (χ2v) is 8.49. The van der Waals surface area contributed by atoms with Crippen LogP contribution in [-0.2, 0) is 5.54 Å². The maximum Gasteiger partial charge on any atom is 0.320 e. The van der Waals surface area contributed by atoms with Gasteiger partial charge >= 0.3 is 6.03 Å². The van der Waals surface area contributed by atoms with E-state index in [4.69, 9.17) is 9.47 Å². The second kappa shape index (κ2) is 8.08. The standard InChI is InChI=1S/C22H28N4O3/c1-14(2)20(16-6-7-17-18(11-16)29-9-8-28-17)25-21(27)24-19-10-15(12-23)13-26(19)22(3,4)5/h6-7,10-11,13-14,20H,8-9H2,1-5H3,(H2,24,25,27)/t20-/m1/s1. The molecule has 1 aromatic carbocycles. The Hall–Kier alpha value is -3.14. The van der Waals surface area contributed by atoms with Crippen molar-refractivity contribution in [2.75, 3.05) is 18.5 Å². The van der Waals surface area contributed by atoms with Gasteiger partial charge in [0.2, 0.25) is 0 Å². The molecule has 0 aliphatic carbocycles. The number of amides is 2. The van der Waals surface area contributed by atoms with E-state index in [1.54, 1.807) is 12.3 Å². The SMILES string of the molecule is CC(C)[C@@H](NC(=O)Nc1cc(C#N)cn1C(C)(C)C)c1ccc2c(c1)OCCO2. The third kappa shape index (κ3) is 4.65. The number of hydrogen-bond acceptors (Lipinski definition) is 4. The topological polar surface area (TPSA) is 88.3 Å². The molecule has 2 aromatic rings. The van der Waals surface area contributed by atoms with E-state index in [-0.39, 0.29) is 23.5 Å². The van der Waals surface area contributed by atoms with Gasteiger partial charge in [-0.3, -0.25) is 5.32 Å². The molecule has 1 aliphatic heterocycles. The number of ether oxygens (including phenoxy) is 2. The molecule has 0 saturated heterocycles. The number of benzene rings is 1. The Balaban J connectivity index is 1.79. The lowest BCUT2D eigenvalue weighted by atomic mass is 9.95. The quantitative estimate of drug-likeness (QED) is 0.801. The molecule has 154 valence electrons. The van der Waals surface area contributed by atoms with Gasteiger partial charge in [-0.25, -0.2) is 4.79 Å². The first-order valence-electron chi connectivity index (χ1n) is 9.79. The molecule has 2 N–H and O–H groups in total. The number of urea groups is 1. The Morgan fingerprint density at radius 2 is 1.86 bits per heavy atom. The van der Waals surface area contributed by atoms with Crippen molar-refractivity contribution in [3.05, 3.63) is 41.6 Å². The van der Waals surface area contributed by atoms with Gasteiger partial charge in [0.25, 0.3) is 0 Å². The van der Waals surface area contributed by atoms with Crippen LogP contribution in [0.5, 0.6) is 11.5 Å². The highest BCUT2D eigenvalue weighted by Crippen LogP contribution is 2.34. The van der Waals surface area contributed by atoms with Crippen molar-refractivity contribution >= 4 is 11.8 Å². The second-order valence-electron chi connectivity index (χ2n) is 8.49. The summed E-state index contributed by atoms with van der Waals surface area (Å²) in [5.74, 6) is 2.16. The minimum atomic E-state index is -0.327. The van der Waals surface area contributed by atoms with Crippen molar-refractivity contribution in [2.24, 2.45) is 5.92 Å². The van der Waals surface area contributed by atoms with Crippen molar-refractivity contribution < 1.29 is 14.3 Å². The molecule has 7 heteroatoms. The fraction of sp³-hybridized carbons (Fsp3) is 0.455. The highest BCUT2D eigenvalue weighted by atomic mass is 16.6. The Morgan fingerprint density at radius 1 is 1.17 bits per heavy atom. The third-order valence-electron chi connectivity index (χ3n) is 4.79. The minimum Gasteiger partial charge on any atom is -0.486 e. The van der Waals surface area contributed by atoms with E-state index >= 15 is 0 Å². The van der Waals surface area contributed by atoms with E-state index in [2.05, 4.69) is 16.7 Å². The first-order valence-corrected chi connectivity index (χ1v) is 9.79. The lowest BCUT2D eigenvalue weighted by molar-refractivity contribution is 0.171. The summed E-state index contributed by atoms with van der Waals surface area (Å²) in [6.07, 6.45) is 1.75. The van der Waals surface area contributed by atoms with Crippen LogP contribution in [0.3, 0.4) is 0 Å². The number of nitrogens with one attached hydrogen (secondary N) is 2. The van der Waals surface area contributed by atoms with Crippen LogP contribution in [0.4, 0.5) is 10.6 Å². The van der Waals surface area contributed by atoms with Crippen molar-refractivity contribution in [1.82, 2.24) is 9.88 Å². The molecule has 7 nitrogen and oxygen atoms in total. The average molecular weight is 396 g/mol. The Kier molecular flexibility index (Phi) is 5.73. The van der Waals surface area contributed by atoms with Crippen LogP contribution in [0.2, 0.25) is 0 Å². The monoisotopic (exact) mass is 396 g/mol. The predicted octanol–water partition coefficient (Wildman–Crippen LogP) is 4.40. The van der Waals surface area contributed by atoms with E-state index in [9.17, 15) is 10.1 Å². The summed E-state index contributed by atoms with van der Waals surface area (Å²) in [6.45, 7) is 11.2. The molecular formula is C22H28N4O3. The normalized spacial score (nSPS) is 14.2. The highest BCUT2D eigenvalue weighted by Gasteiger charge is 2.23. The number of nitrogens with zero attached hydrogens (tertiary/aromatic N) is 2. The van der Waals surface area contributed by atoms with E-state index in [1.807, 2.05) is 57.4 Å². The number of fused-ring (bicyclic) bond motifs is 1. The van der Waals surface area contributed by atoms with Crippen LogP contribution >= 0.6 is 0 Å². The van der Waals surface area contributed by atoms with E-state index in [0.29, 0.717) is 30.3 Å². The molecule has 0 bridgehead atoms. The first kappa shape index (κ1) is 20.6. The zero-order valence-electron chi connectivity index (χ0n) is 17.6. The number of carbonyl (C=O) groups excluding carboxylic acids is 1. The summed E-state index contributed by atoms with van der Waals surface area (Å²) in [4.78, 5) is 12.8. The average Bonchev–Trinajstić information content (AvgIpc) is 3.09. The van der Waals surface area contributed by atoms with Crippen LogP contribution in [0.25, 0.3) is 0 Å². The summed E-state index contributed by atoms with van der Waals surface area (Å²) >= 11 is 0. The lowest BCUT2D eigenvalue weighted by Gasteiger charge is -2.27. The van der Waals surface area contributed by atoms with Crippen LogP contribution in [-0.4, -0.2) is 23.8 Å². The first-order chi connectivity index (χ1) is 13.7. The molecule has 0 spiro atoms. The van der Waals surface area contributed by atoms with Crippen molar-refractivity contribution in [2.45, 2.75) is 46.2 Å². The number of aromatic nitrogens is 1. The van der Waals surface area contributed by atoms with Crippen molar-refractivity contribution in [3.8, 4) is 17.6 Å². The molecule has 1 aliphatic rings. The number of anilines is 1. The maximum atomic E-state index is 12.8. The van der Waals surface area contributed by atoms with Gasteiger partial charge in [0.1, 0.15) is 25.1 Å². The summed E-state index contributed by atoms with van der Waals surface area (Å²) in [5, 5.41) is 15.2. The molecule has 1 aromatic heterocycles. The Labute approximate surface area is 171 Å². The van der Waals surface area contributed by atoms with Gasteiger partial charge in [0, 0.05) is 11.7 Å². The molecule has 2 heterocycles. The fourth-order valence-corrected chi connectivity index (χ4v) is 3.36. The zero-order valence-corrected chi connectivity index (χ0v) is 17.6. The van der Waals surface area contributed by atoms with E-state index in [1.165, 1.54) is 0 Å². The van der Waals surface area contributed by atoms with Gasteiger partial charge in [0.05, 0.1) is 11.6 Å². The fourth-order valence-electron chi connectivity index (χ4n) is 3.36. The van der Waals surface area contributed by atoms with E-state index < -0.39 is 0 Å². The highest BCUT2D eigenvalue weighted by molar-refractivity contribution is 5.89. The third-order valence-corrected chi connectivity index (χ3v) is 4.79. The molecule has 0 fully saturated rings. The van der Waals surface area contributed by atoms with Crippen molar-refractivity contribution in [1.29, 1.82) is 5.26 Å². The molecule has 0 unspecified atom stereocenters. The number of nitriles is 1. The van der Waals surface area contributed by atoms with Crippen LogP contribution in [0, 0.1) is 17.2 Å². The lowest BCUT2D eigenvalue weighted by Crippen LogP contribution is -2.36. The summed E-state index contributed by atoms with van der Waals surface area (Å²) in [6, 6.07) is 9.02. The zero-order chi connectivity index (χ0) is 21.2. The van der Waals surface area contributed by atoms with Gasteiger partial charge in [-0.2, -0.15) is 5.26 Å². The number of rotatable bonds is 4. The summed E-state index contributed by atoms with van der Waals surface area (Å²) < 4.78 is 13.1. The minimum absolute atomic E-state index is 0.160. The molecular weight excluding hydrogens is 368 g/mol. The Morgan fingerprint density at radius 3 is 2.48 bits per heavy atom. The molecule has 29 heavy (non-hydrogen) atoms. The molecule has 0 saturated carbocycles. The summed E-state index contributed by atoms with van der Waals surface area (Å²) in [5.41, 5.74) is 1.18. The van der Waals surface area contributed by atoms with Gasteiger partial charge < -0.3 is 19.4 Å². The van der Waals surface area contributed by atoms with Gasteiger partial charge in [0.15, 0.2) is 11.5 Å². The van der Waals surface area contributed by atoms with Gasteiger partial charge in [-0.05, 0) is 50.5 Å². The van der Waals surface area contributed by atoms with Crippen LogP contribution in [0.1, 0.15) is 51.8 Å². The summed E-state index contributed by atoms with van der Waals surface area (Å²) in [7, 11) is 0. The molecule has 0 radical (unpaired) electrons. The smallest absolute Gasteiger partial charge is 0.320 e. The van der Waals surface area contributed by atoms with Gasteiger partial charge in [-0.1, -0.05) is 19.9 Å². The Bertz CT molecular complexity index is 935.